The van der Waals surface area contributed by atoms with E-state index in [9.17, 15) is 9.59 Å². The standard InChI is InChI=1S/C15H20IN3O3/c16-12-2-4-13(5-3-12)18-15(21)14(20)17-6-1-7-19-8-10-22-11-9-19/h2-5H,1,6-11H2,(H,17,20)(H,18,21)/p+1. The highest BCUT2D eigenvalue weighted by atomic mass is 127. The summed E-state index contributed by atoms with van der Waals surface area (Å²) in [6.45, 7) is 5.15. The van der Waals surface area contributed by atoms with Gasteiger partial charge in [0, 0.05) is 22.2 Å². The Morgan fingerprint density at radius 1 is 1.14 bits per heavy atom. The lowest BCUT2D eigenvalue weighted by Gasteiger charge is -2.23. The molecule has 2 rings (SSSR count). The minimum Gasteiger partial charge on any atom is -0.370 e. The second-order valence-corrected chi connectivity index (χ2v) is 6.43. The number of rotatable bonds is 5. The molecule has 1 saturated heterocycles. The second kappa shape index (κ2) is 9.06. The van der Waals surface area contributed by atoms with Gasteiger partial charge in [-0.15, -0.1) is 0 Å². The van der Waals surface area contributed by atoms with Crippen molar-refractivity contribution in [1.82, 2.24) is 5.32 Å². The molecule has 7 heteroatoms. The van der Waals surface area contributed by atoms with E-state index in [1.54, 1.807) is 12.1 Å². The number of carbonyl (C=O) groups is 2. The highest BCUT2D eigenvalue weighted by Crippen LogP contribution is 2.10. The molecule has 1 heterocycles. The molecule has 0 saturated carbocycles. The van der Waals surface area contributed by atoms with Crippen LogP contribution in [-0.4, -0.2) is 51.2 Å². The van der Waals surface area contributed by atoms with Crippen molar-refractivity contribution >= 4 is 40.1 Å². The maximum absolute atomic E-state index is 11.7. The van der Waals surface area contributed by atoms with Crippen molar-refractivity contribution in [2.45, 2.75) is 6.42 Å². The van der Waals surface area contributed by atoms with Gasteiger partial charge in [0.05, 0.1) is 19.8 Å². The molecule has 0 aliphatic carbocycles. The summed E-state index contributed by atoms with van der Waals surface area (Å²) in [5.41, 5.74) is 0.623. The van der Waals surface area contributed by atoms with Gasteiger partial charge in [-0.2, -0.15) is 0 Å². The zero-order valence-corrected chi connectivity index (χ0v) is 14.5. The molecule has 120 valence electrons. The summed E-state index contributed by atoms with van der Waals surface area (Å²) in [6.07, 6.45) is 0.859. The Kier molecular flexibility index (Phi) is 7.07. The lowest BCUT2D eigenvalue weighted by Crippen LogP contribution is -3.14. The number of ether oxygens (including phenoxy) is 1. The fourth-order valence-electron chi connectivity index (χ4n) is 2.25. The number of hydrogen-bond donors (Lipinski definition) is 3. The summed E-state index contributed by atoms with van der Waals surface area (Å²) in [5.74, 6) is -1.21. The number of amides is 2. The number of benzene rings is 1. The van der Waals surface area contributed by atoms with Crippen LogP contribution in [0.1, 0.15) is 6.42 Å². The third-order valence-corrected chi connectivity index (χ3v) is 4.22. The SMILES string of the molecule is O=C(NCCC[NH+]1CCOCC1)C(=O)Nc1ccc(I)cc1. The van der Waals surface area contributed by atoms with E-state index in [1.165, 1.54) is 4.90 Å². The summed E-state index contributed by atoms with van der Waals surface area (Å²) in [6, 6.07) is 7.29. The molecule has 1 aromatic carbocycles. The van der Waals surface area contributed by atoms with Gasteiger partial charge in [0.15, 0.2) is 0 Å². The molecular formula is C15H21IN3O3+. The van der Waals surface area contributed by atoms with Crippen molar-refractivity contribution in [1.29, 1.82) is 0 Å². The van der Waals surface area contributed by atoms with Crippen LogP contribution in [0.3, 0.4) is 0 Å². The summed E-state index contributed by atoms with van der Waals surface area (Å²) < 4.78 is 6.37. The van der Waals surface area contributed by atoms with Crippen LogP contribution >= 0.6 is 22.6 Å². The third-order valence-electron chi connectivity index (χ3n) is 3.50. The Morgan fingerprint density at radius 3 is 2.50 bits per heavy atom. The topological polar surface area (TPSA) is 71.9 Å². The molecule has 6 nitrogen and oxygen atoms in total. The fraction of sp³-hybridized carbons (Fsp3) is 0.467. The molecule has 1 aliphatic rings. The van der Waals surface area contributed by atoms with E-state index >= 15 is 0 Å². The Morgan fingerprint density at radius 2 is 1.82 bits per heavy atom. The Bertz CT molecular complexity index is 501. The minimum absolute atomic E-state index is 0.517. The first-order valence-electron chi connectivity index (χ1n) is 7.41. The van der Waals surface area contributed by atoms with Crippen LogP contribution in [0.2, 0.25) is 0 Å². The predicted molar refractivity (Wildman–Crippen MR) is 91.8 cm³/mol. The highest BCUT2D eigenvalue weighted by molar-refractivity contribution is 14.1. The summed E-state index contributed by atoms with van der Waals surface area (Å²) in [4.78, 5) is 25.0. The van der Waals surface area contributed by atoms with E-state index in [0.29, 0.717) is 12.2 Å². The maximum Gasteiger partial charge on any atom is 0.313 e. The number of carbonyl (C=O) groups excluding carboxylic acids is 2. The molecule has 1 fully saturated rings. The Labute approximate surface area is 143 Å². The predicted octanol–water partition coefficient (Wildman–Crippen LogP) is -0.349. The molecule has 1 aliphatic heterocycles. The average Bonchev–Trinajstić information content (AvgIpc) is 2.54. The van der Waals surface area contributed by atoms with Crippen molar-refractivity contribution in [3.05, 3.63) is 27.8 Å². The molecule has 0 spiro atoms. The van der Waals surface area contributed by atoms with Gasteiger partial charge in [-0.1, -0.05) is 0 Å². The second-order valence-electron chi connectivity index (χ2n) is 5.18. The van der Waals surface area contributed by atoms with Crippen LogP contribution in [0.25, 0.3) is 0 Å². The quantitative estimate of drug-likeness (QED) is 0.348. The van der Waals surface area contributed by atoms with E-state index < -0.39 is 11.8 Å². The normalized spacial score (nSPS) is 15.3. The highest BCUT2D eigenvalue weighted by Gasteiger charge is 2.15. The monoisotopic (exact) mass is 418 g/mol. The van der Waals surface area contributed by atoms with Crippen molar-refractivity contribution in [2.75, 3.05) is 44.7 Å². The first kappa shape index (κ1) is 17.2. The fourth-order valence-corrected chi connectivity index (χ4v) is 2.61. The van der Waals surface area contributed by atoms with Crippen molar-refractivity contribution < 1.29 is 19.2 Å². The van der Waals surface area contributed by atoms with Gasteiger partial charge >= 0.3 is 11.8 Å². The van der Waals surface area contributed by atoms with Gasteiger partial charge in [-0.05, 0) is 46.9 Å². The summed E-state index contributed by atoms with van der Waals surface area (Å²) in [7, 11) is 0. The van der Waals surface area contributed by atoms with Gasteiger partial charge in [0.25, 0.3) is 0 Å². The summed E-state index contributed by atoms with van der Waals surface area (Å²) >= 11 is 2.18. The lowest BCUT2D eigenvalue weighted by atomic mass is 10.3. The van der Waals surface area contributed by atoms with Crippen LogP contribution in [0.4, 0.5) is 5.69 Å². The number of halogens is 1. The van der Waals surface area contributed by atoms with Crippen LogP contribution in [0.15, 0.2) is 24.3 Å². The molecular weight excluding hydrogens is 397 g/mol. The number of quaternary nitrogens is 1. The van der Waals surface area contributed by atoms with Gasteiger partial charge < -0.3 is 20.3 Å². The molecule has 0 atom stereocenters. The number of hydrogen-bond acceptors (Lipinski definition) is 3. The van der Waals surface area contributed by atoms with E-state index in [4.69, 9.17) is 4.74 Å². The van der Waals surface area contributed by atoms with Crippen molar-refractivity contribution in [2.24, 2.45) is 0 Å². The molecule has 0 bridgehead atoms. The zero-order valence-electron chi connectivity index (χ0n) is 12.4. The largest absolute Gasteiger partial charge is 0.370 e. The maximum atomic E-state index is 11.7. The van der Waals surface area contributed by atoms with E-state index in [0.717, 1.165) is 42.8 Å². The Hall–Kier alpha value is -1.19. The van der Waals surface area contributed by atoms with Crippen molar-refractivity contribution in [3.8, 4) is 0 Å². The van der Waals surface area contributed by atoms with Gasteiger partial charge in [0.2, 0.25) is 0 Å². The molecule has 0 unspecified atom stereocenters. The number of nitrogens with one attached hydrogen (secondary N) is 3. The molecule has 0 aromatic heterocycles. The van der Waals surface area contributed by atoms with Crippen LogP contribution in [0.5, 0.6) is 0 Å². The third kappa shape index (κ3) is 5.90. The Balaban J connectivity index is 1.63. The molecule has 22 heavy (non-hydrogen) atoms. The van der Waals surface area contributed by atoms with E-state index in [2.05, 4.69) is 33.2 Å². The van der Waals surface area contributed by atoms with Crippen LogP contribution in [0, 0.1) is 3.57 Å². The van der Waals surface area contributed by atoms with Crippen LogP contribution < -0.4 is 15.5 Å². The van der Waals surface area contributed by atoms with Crippen LogP contribution in [-0.2, 0) is 14.3 Å². The number of morpholine rings is 1. The first-order valence-corrected chi connectivity index (χ1v) is 8.49. The molecule has 3 N–H and O–H groups in total. The zero-order chi connectivity index (χ0) is 15.8. The lowest BCUT2D eigenvalue weighted by molar-refractivity contribution is -0.908. The summed E-state index contributed by atoms with van der Waals surface area (Å²) in [5, 5.41) is 5.24. The minimum atomic E-state index is -0.625. The molecule has 0 radical (unpaired) electrons. The molecule has 2 amide bonds. The van der Waals surface area contributed by atoms with Gasteiger partial charge in [-0.3, -0.25) is 9.59 Å². The van der Waals surface area contributed by atoms with E-state index in [1.807, 2.05) is 12.1 Å². The molecule has 1 aromatic rings. The van der Waals surface area contributed by atoms with Gasteiger partial charge in [0.1, 0.15) is 13.1 Å². The van der Waals surface area contributed by atoms with E-state index in [-0.39, 0.29) is 0 Å². The van der Waals surface area contributed by atoms with Gasteiger partial charge in [-0.25, -0.2) is 0 Å². The number of anilines is 1. The van der Waals surface area contributed by atoms with Crippen molar-refractivity contribution in [3.63, 3.8) is 0 Å². The average molecular weight is 418 g/mol. The first-order chi connectivity index (χ1) is 10.6. The smallest absolute Gasteiger partial charge is 0.313 e.